The van der Waals surface area contributed by atoms with Crippen LogP contribution in [0.15, 0.2) is 11.6 Å². The third-order valence-corrected chi connectivity index (χ3v) is 9.94. The first-order valence-corrected chi connectivity index (χ1v) is 11.3. The Bertz CT molecular complexity index is 822. The summed E-state index contributed by atoms with van der Waals surface area (Å²) in [5.74, 6) is -1.82. The minimum Gasteiger partial charge on any atom is -0.481 e. The minimum atomic E-state index is -1.44. The Hall–Kier alpha value is -1.44. The highest BCUT2D eigenvalue weighted by Gasteiger charge is 2.73. The van der Waals surface area contributed by atoms with Crippen molar-refractivity contribution in [3.63, 3.8) is 0 Å². The van der Waals surface area contributed by atoms with Gasteiger partial charge in [-0.2, -0.15) is 0 Å². The van der Waals surface area contributed by atoms with Crippen molar-refractivity contribution >= 4 is 11.9 Å². The van der Waals surface area contributed by atoms with E-state index >= 15 is 0 Å². The number of aliphatic hydroxyl groups excluding tert-OH is 1. The number of hydrogen-bond donors (Lipinski definition) is 4. The molecule has 5 rings (SSSR count). The molecule has 0 bridgehead atoms. The van der Waals surface area contributed by atoms with Crippen LogP contribution in [-0.4, -0.2) is 56.3 Å². The van der Waals surface area contributed by atoms with Gasteiger partial charge in [0, 0.05) is 17.9 Å². The van der Waals surface area contributed by atoms with E-state index in [1.54, 1.807) is 6.08 Å². The number of esters is 1. The number of aliphatic hydroxyl groups is 3. The van der Waals surface area contributed by atoms with E-state index in [-0.39, 0.29) is 49.6 Å². The van der Waals surface area contributed by atoms with Crippen LogP contribution in [0.1, 0.15) is 64.7 Å². The molecule has 0 spiro atoms. The Morgan fingerprint density at radius 1 is 1.07 bits per heavy atom. The molecular formula is C23H32O7. The van der Waals surface area contributed by atoms with Crippen molar-refractivity contribution < 1.29 is 34.8 Å². The van der Waals surface area contributed by atoms with Gasteiger partial charge in [0.1, 0.15) is 6.61 Å². The van der Waals surface area contributed by atoms with E-state index in [9.17, 15) is 30.0 Å². The summed E-state index contributed by atoms with van der Waals surface area (Å²) in [4.78, 5) is 24.3. The fourth-order valence-electron chi connectivity index (χ4n) is 8.49. The zero-order chi connectivity index (χ0) is 21.5. The maximum absolute atomic E-state index is 12.7. The Kier molecular flexibility index (Phi) is 4.30. The molecule has 0 aromatic rings. The lowest BCUT2D eigenvalue weighted by molar-refractivity contribution is -0.260. The van der Waals surface area contributed by atoms with Gasteiger partial charge in [0.2, 0.25) is 0 Å². The lowest BCUT2D eigenvalue weighted by Gasteiger charge is -2.65. The Morgan fingerprint density at radius 3 is 2.47 bits per heavy atom. The van der Waals surface area contributed by atoms with Crippen molar-refractivity contribution in [3.8, 4) is 0 Å². The van der Waals surface area contributed by atoms with Crippen molar-refractivity contribution in [2.75, 3.05) is 6.61 Å². The number of rotatable bonds is 2. The highest BCUT2D eigenvalue weighted by molar-refractivity contribution is 5.85. The molecule has 7 heteroatoms. The van der Waals surface area contributed by atoms with Gasteiger partial charge in [0.15, 0.2) is 0 Å². The van der Waals surface area contributed by atoms with E-state index < -0.39 is 34.1 Å². The Labute approximate surface area is 176 Å². The summed E-state index contributed by atoms with van der Waals surface area (Å²) in [6, 6.07) is 0. The van der Waals surface area contributed by atoms with E-state index in [0.717, 1.165) is 12.0 Å². The van der Waals surface area contributed by atoms with Gasteiger partial charge >= 0.3 is 11.9 Å². The average Bonchev–Trinajstić information content (AvgIpc) is 3.21. The second-order valence-corrected chi connectivity index (χ2v) is 10.8. The first kappa shape index (κ1) is 20.5. The lowest BCUT2D eigenvalue weighted by atomic mass is 9.41. The largest absolute Gasteiger partial charge is 0.481 e. The van der Waals surface area contributed by atoms with Crippen LogP contribution in [0.2, 0.25) is 0 Å². The van der Waals surface area contributed by atoms with Gasteiger partial charge in [-0.3, -0.25) is 4.79 Å². The topological polar surface area (TPSA) is 124 Å². The number of fused-ring (bicyclic) bond motifs is 5. The third kappa shape index (κ3) is 2.32. The molecule has 4 saturated carbocycles. The van der Waals surface area contributed by atoms with E-state index in [2.05, 4.69) is 6.92 Å². The van der Waals surface area contributed by atoms with Crippen LogP contribution in [-0.2, 0) is 14.3 Å². The molecule has 0 aromatic carbocycles. The number of hydrogen-bond acceptors (Lipinski definition) is 6. The summed E-state index contributed by atoms with van der Waals surface area (Å²) < 4.78 is 5.14. The third-order valence-electron chi connectivity index (χ3n) is 9.94. The molecule has 4 fully saturated rings. The summed E-state index contributed by atoms with van der Waals surface area (Å²) in [6.45, 7) is 2.36. The van der Waals surface area contributed by atoms with Crippen LogP contribution < -0.4 is 0 Å². The maximum Gasteiger partial charge on any atom is 0.331 e. The zero-order valence-electron chi connectivity index (χ0n) is 17.5. The molecule has 0 amide bonds. The zero-order valence-corrected chi connectivity index (χ0v) is 17.5. The second kappa shape index (κ2) is 6.30. The van der Waals surface area contributed by atoms with E-state index in [1.165, 1.54) is 0 Å². The first-order chi connectivity index (χ1) is 14.1. The van der Waals surface area contributed by atoms with Gasteiger partial charge in [-0.05, 0) is 74.7 Å². The van der Waals surface area contributed by atoms with Crippen molar-refractivity contribution in [2.24, 2.45) is 28.6 Å². The van der Waals surface area contributed by atoms with Gasteiger partial charge in [-0.15, -0.1) is 0 Å². The number of carbonyl (C=O) groups excluding carboxylic acids is 1. The molecule has 4 N–H and O–H groups in total. The van der Waals surface area contributed by atoms with Crippen LogP contribution in [0, 0.1) is 28.6 Å². The molecule has 0 aromatic heterocycles. The summed E-state index contributed by atoms with van der Waals surface area (Å²) in [5, 5.41) is 44.1. The van der Waals surface area contributed by atoms with E-state index in [4.69, 9.17) is 4.74 Å². The van der Waals surface area contributed by atoms with Crippen LogP contribution in [0.4, 0.5) is 0 Å². The molecule has 166 valence electrons. The standard InChI is InChI=1S/C23H32O7/c1-20-6-3-16-17(23(20,29)9-5-15(20)13-10-18(25)30-12-13)4-7-21(28)11-14(24)2-8-22(16,21)19(26)27/h10,14-17,24,28-29H,2-9,11-12H2,1H3,(H,26,27)/t14-,15+,16-,17+,20-,21+,22-,23-/m1/s1. The first-order valence-electron chi connectivity index (χ1n) is 11.3. The number of cyclic esters (lactones) is 1. The van der Waals surface area contributed by atoms with Gasteiger partial charge < -0.3 is 25.2 Å². The minimum absolute atomic E-state index is 0.0460. The van der Waals surface area contributed by atoms with Crippen molar-refractivity contribution in [3.05, 3.63) is 11.6 Å². The molecule has 0 saturated heterocycles. The molecule has 0 radical (unpaired) electrons. The number of carbonyl (C=O) groups is 2. The quantitative estimate of drug-likeness (QED) is 0.502. The van der Waals surface area contributed by atoms with Gasteiger partial charge in [0.25, 0.3) is 0 Å². The molecular weight excluding hydrogens is 388 g/mol. The monoisotopic (exact) mass is 420 g/mol. The fraction of sp³-hybridized carbons (Fsp3) is 0.826. The van der Waals surface area contributed by atoms with Gasteiger partial charge in [-0.25, -0.2) is 4.79 Å². The van der Waals surface area contributed by atoms with E-state index in [1.807, 2.05) is 0 Å². The smallest absolute Gasteiger partial charge is 0.331 e. The summed E-state index contributed by atoms with van der Waals surface area (Å²) in [6.07, 6.45) is 5.00. The number of carboxylic acid groups (broad SMARTS) is 1. The van der Waals surface area contributed by atoms with Crippen LogP contribution in [0.25, 0.3) is 0 Å². The van der Waals surface area contributed by atoms with Crippen LogP contribution in [0.3, 0.4) is 0 Å². The van der Waals surface area contributed by atoms with Crippen LogP contribution >= 0.6 is 0 Å². The molecule has 7 nitrogen and oxygen atoms in total. The normalized spacial score (nSPS) is 52.7. The number of ether oxygens (including phenoxy) is 1. The number of carboxylic acids is 1. The van der Waals surface area contributed by atoms with Gasteiger partial charge in [0.05, 0.1) is 22.7 Å². The predicted molar refractivity (Wildman–Crippen MR) is 105 cm³/mol. The molecule has 5 aliphatic rings. The Morgan fingerprint density at radius 2 is 1.80 bits per heavy atom. The van der Waals surface area contributed by atoms with Crippen molar-refractivity contribution in [1.29, 1.82) is 0 Å². The molecule has 0 unspecified atom stereocenters. The van der Waals surface area contributed by atoms with Gasteiger partial charge in [-0.1, -0.05) is 6.92 Å². The molecule has 30 heavy (non-hydrogen) atoms. The van der Waals surface area contributed by atoms with Crippen molar-refractivity contribution in [1.82, 2.24) is 0 Å². The summed E-state index contributed by atoms with van der Waals surface area (Å²) >= 11 is 0. The lowest BCUT2D eigenvalue weighted by Crippen LogP contribution is -2.70. The maximum atomic E-state index is 12.7. The number of aliphatic carboxylic acids is 1. The fourth-order valence-corrected chi connectivity index (χ4v) is 8.49. The molecule has 8 atom stereocenters. The van der Waals surface area contributed by atoms with Crippen LogP contribution in [0.5, 0.6) is 0 Å². The van der Waals surface area contributed by atoms with E-state index in [0.29, 0.717) is 32.1 Å². The highest BCUT2D eigenvalue weighted by atomic mass is 16.5. The second-order valence-electron chi connectivity index (χ2n) is 10.8. The van der Waals surface area contributed by atoms with Crippen molar-refractivity contribution in [2.45, 2.75) is 82.0 Å². The molecule has 4 aliphatic carbocycles. The molecule has 1 aliphatic heterocycles. The molecule has 1 heterocycles. The average molecular weight is 421 g/mol. The summed E-state index contributed by atoms with van der Waals surface area (Å²) in [7, 11) is 0. The summed E-state index contributed by atoms with van der Waals surface area (Å²) in [5.41, 5.74) is -3.30. The predicted octanol–water partition coefficient (Wildman–Crippen LogP) is 1.78. The Balaban J connectivity index is 1.54. The highest BCUT2D eigenvalue weighted by Crippen LogP contribution is 2.70. The SMILES string of the molecule is C[C@]12CC[C@@H]3[C@H](CC[C@]4(O)C[C@H](O)CC[C@]34C(=O)O)[C@]1(O)CC[C@H]2C1=CC(=O)OC1.